The van der Waals surface area contributed by atoms with Gasteiger partial charge in [0.05, 0.1) is 35.1 Å². The molecule has 4 rings (SSSR count). The molecule has 0 unspecified atom stereocenters. The van der Waals surface area contributed by atoms with E-state index in [1.54, 1.807) is 11.0 Å². The smallest absolute Gasteiger partial charge is 0.293 e. The van der Waals surface area contributed by atoms with Crippen LogP contribution in [0.25, 0.3) is 10.9 Å². The van der Waals surface area contributed by atoms with E-state index in [0.29, 0.717) is 22.3 Å². The number of nitrogens with zero attached hydrogens (tertiary/aromatic N) is 4. The van der Waals surface area contributed by atoms with Crippen molar-refractivity contribution in [1.29, 1.82) is 0 Å². The largest absolute Gasteiger partial charge is 0.494 e. The maximum absolute atomic E-state index is 12.9. The van der Waals surface area contributed by atoms with Crippen molar-refractivity contribution in [3.63, 3.8) is 0 Å². The molecule has 0 saturated carbocycles. The molecule has 8 heteroatoms. The molecule has 1 aliphatic rings. The molecule has 0 spiro atoms. The Kier molecular flexibility index (Phi) is 4.25. The minimum atomic E-state index is -0.215. The molecule has 0 fully saturated rings. The number of ether oxygens (including phenoxy) is 1. The van der Waals surface area contributed by atoms with Crippen molar-refractivity contribution < 1.29 is 9.53 Å². The number of carbonyl (C=O) groups is 1. The van der Waals surface area contributed by atoms with Gasteiger partial charge in [-0.2, -0.15) is 0 Å². The number of amides is 1. The fourth-order valence-electron chi connectivity index (χ4n) is 3.42. The van der Waals surface area contributed by atoms with Gasteiger partial charge < -0.3 is 14.2 Å². The Morgan fingerprint density at radius 3 is 2.69 bits per heavy atom. The van der Waals surface area contributed by atoms with Crippen LogP contribution in [0.2, 0.25) is 10.0 Å². The molecule has 6 nitrogen and oxygen atoms in total. The molecule has 1 aliphatic heterocycles. The number of methoxy groups -OCH3 is 1. The van der Waals surface area contributed by atoms with Gasteiger partial charge in [0, 0.05) is 24.0 Å². The molecule has 134 valence electrons. The average Bonchev–Trinajstić information content (AvgIpc) is 3.05. The Morgan fingerprint density at radius 1 is 1.27 bits per heavy atom. The van der Waals surface area contributed by atoms with E-state index >= 15 is 0 Å². The summed E-state index contributed by atoms with van der Waals surface area (Å²) in [5.41, 5.74) is 2.08. The Hall–Kier alpha value is -2.31. The molecule has 26 heavy (non-hydrogen) atoms. The summed E-state index contributed by atoms with van der Waals surface area (Å²) in [5, 5.41) is 1.96. The quantitative estimate of drug-likeness (QED) is 0.664. The van der Waals surface area contributed by atoms with Crippen molar-refractivity contribution in [2.75, 3.05) is 13.7 Å². The highest BCUT2D eigenvalue weighted by atomic mass is 35.5. The van der Waals surface area contributed by atoms with E-state index in [9.17, 15) is 4.79 Å². The van der Waals surface area contributed by atoms with Crippen molar-refractivity contribution in [2.45, 2.75) is 19.5 Å². The number of hydrogen-bond acceptors (Lipinski definition) is 4. The first kappa shape index (κ1) is 17.1. The molecule has 0 radical (unpaired) electrons. The standard InChI is InChI=1S/C18H16Cl2N4O2/c1-10-23(18(25)17-21-8-12(26-2)9-22-17)6-5-11-7-13-15(24(10)11)4-3-14(19)16(13)20/h3-4,7-10H,5-6H2,1-2H3/t10-/m0/s1. The highest BCUT2D eigenvalue weighted by molar-refractivity contribution is 6.45. The molecule has 1 aromatic carbocycles. The second-order valence-electron chi connectivity index (χ2n) is 6.13. The first-order valence-electron chi connectivity index (χ1n) is 8.16. The first-order chi connectivity index (χ1) is 12.5. The molecular formula is C18H16Cl2N4O2. The van der Waals surface area contributed by atoms with Crippen LogP contribution in [0.3, 0.4) is 0 Å². The monoisotopic (exact) mass is 390 g/mol. The lowest BCUT2D eigenvalue weighted by Gasteiger charge is -2.35. The summed E-state index contributed by atoms with van der Waals surface area (Å²) >= 11 is 12.5. The summed E-state index contributed by atoms with van der Waals surface area (Å²) in [5.74, 6) is 0.449. The van der Waals surface area contributed by atoms with Gasteiger partial charge in [-0.1, -0.05) is 23.2 Å². The highest BCUT2D eigenvalue weighted by Crippen LogP contribution is 2.37. The molecular weight excluding hydrogens is 375 g/mol. The summed E-state index contributed by atoms with van der Waals surface area (Å²) < 4.78 is 7.16. The Morgan fingerprint density at radius 2 is 2.00 bits per heavy atom. The van der Waals surface area contributed by atoms with Gasteiger partial charge in [-0.15, -0.1) is 0 Å². The van der Waals surface area contributed by atoms with E-state index in [4.69, 9.17) is 27.9 Å². The van der Waals surface area contributed by atoms with Crippen LogP contribution < -0.4 is 4.74 Å². The van der Waals surface area contributed by atoms with E-state index in [2.05, 4.69) is 14.5 Å². The van der Waals surface area contributed by atoms with Gasteiger partial charge in [0.1, 0.15) is 6.17 Å². The van der Waals surface area contributed by atoms with Crippen LogP contribution in [-0.4, -0.2) is 39.0 Å². The predicted molar refractivity (Wildman–Crippen MR) is 100.0 cm³/mol. The molecule has 0 saturated heterocycles. The zero-order valence-electron chi connectivity index (χ0n) is 14.2. The van der Waals surface area contributed by atoms with E-state index in [1.807, 2.05) is 19.1 Å². The maximum Gasteiger partial charge on any atom is 0.293 e. The average molecular weight is 391 g/mol. The van der Waals surface area contributed by atoms with E-state index in [-0.39, 0.29) is 17.9 Å². The first-order valence-corrected chi connectivity index (χ1v) is 8.91. The van der Waals surface area contributed by atoms with Gasteiger partial charge in [0.2, 0.25) is 5.82 Å². The third-order valence-electron chi connectivity index (χ3n) is 4.74. The fourth-order valence-corrected chi connectivity index (χ4v) is 3.80. The number of benzene rings is 1. The molecule has 2 aromatic heterocycles. The number of rotatable bonds is 2. The van der Waals surface area contributed by atoms with E-state index < -0.39 is 0 Å². The molecule has 1 atom stereocenters. The van der Waals surface area contributed by atoms with Crippen molar-refractivity contribution >= 4 is 40.0 Å². The minimum absolute atomic E-state index is 0.152. The van der Waals surface area contributed by atoms with Crippen LogP contribution in [0.1, 0.15) is 29.4 Å². The zero-order valence-corrected chi connectivity index (χ0v) is 15.8. The Balaban J connectivity index is 1.72. The van der Waals surface area contributed by atoms with E-state index in [1.165, 1.54) is 19.5 Å². The third kappa shape index (κ3) is 2.61. The van der Waals surface area contributed by atoms with Gasteiger partial charge in [-0.05, 0) is 25.1 Å². The number of fused-ring (bicyclic) bond motifs is 3. The molecule has 3 aromatic rings. The lowest BCUT2D eigenvalue weighted by atomic mass is 10.2. The highest BCUT2D eigenvalue weighted by Gasteiger charge is 2.31. The Bertz CT molecular complexity index is 1000. The summed E-state index contributed by atoms with van der Waals surface area (Å²) in [6.07, 6.45) is 3.52. The van der Waals surface area contributed by atoms with Crippen LogP contribution in [-0.2, 0) is 6.42 Å². The lowest BCUT2D eigenvalue weighted by molar-refractivity contribution is 0.0572. The van der Waals surface area contributed by atoms with Crippen LogP contribution in [0.5, 0.6) is 5.75 Å². The maximum atomic E-state index is 12.9. The number of carbonyl (C=O) groups excluding carboxylic acids is 1. The van der Waals surface area contributed by atoms with Crippen LogP contribution in [0.4, 0.5) is 0 Å². The molecule has 1 amide bonds. The topological polar surface area (TPSA) is 60.2 Å². The molecule has 0 aliphatic carbocycles. The summed E-state index contributed by atoms with van der Waals surface area (Å²) in [4.78, 5) is 22.9. The van der Waals surface area contributed by atoms with Gasteiger partial charge >= 0.3 is 0 Å². The zero-order chi connectivity index (χ0) is 18.4. The number of hydrogen-bond donors (Lipinski definition) is 0. The second kappa shape index (κ2) is 6.45. The molecule has 0 N–H and O–H groups in total. The normalized spacial score (nSPS) is 16.6. The summed E-state index contributed by atoms with van der Waals surface area (Å²) in [6, 6.07) is 5.76. The van der Waals surface area contributed by atoms with Gasteiger partial charge in [-0.25, -0.2) is 9.97 Å². The molecule has 0 bridgehead atoms. The van der Waals surface area contributed by atoms with Crippen molar-refractivity contribution in [2.24, 2.45) is 0 Å². The minimum Gasteiger partial charge on any atom is -0.494 e. The van der Waals surface area contributed by atoms with Crippen LogP contribution in [0.15, 0.2) is 30.6 Å². The number of aromatic nitrogens is 3. The summed E-state index contributed by atoms with van der Waals surface area (Å²) in [7, 11) is 1.53. The van der Waals surface area contributed by atoms with Crippen molar-refractivity contribution in [1.82, 2.24) is 19.4 Å². The SMILES string of the molecule is COc1cnc(C(=O)N2CCc3cc4c(Cl)c(Cl)ccc4n3[C@H]2C)nc1. The molecule has 3 heterocycles. The summed E-state index contributed by atoms with van der Waals surface area (Å²) in [6.45, 7) is 2.56. The van der Waals surface area contributed by atoms with Crippen molar-refractivity contribution in [3.05, 3.63) is 52.2 Å². The third-order valence-corrected chi connectivity index (χ3v) is 5.56. The second-order valence-corrected chi connectivity index (χ2v) is 6.91. The van der Waals surface area contributed by atoms with Gasteiger partial charge in [0.25, 0.3) is 5.91 Å². The lowest BCUT2D eigenvalue weighted by Crippen LogP contribution is -2.42. The Labute approximate surface area is 160 Å². The van der Waals surface area contributed by atoms with Gasteiger partial charge in [0.15, 0.2) is 5.75 Å². The van der Waals surface area contributed by atoms with Gasteiger partial charge in [-0.3, -0.25) is 4.79 Å². The van der Waals surface area contributed by atoms with Crippen LogP contribution in [0, 0.1) is 0 Å². The van der Waals surface area contributed by atoms with Crippen molar-refractivity contribution in [3.8, 4) is 5.75 Å². The number of halogens is 2. The fraction of sp³-hybridized carbons (Fsp3) is 0.278. The van der Waals surface area contributed by atoms with Crippen LogP contribution >= 0.6 is 23.2 Å². The predicted octanol–water partition coefficient (Wildman–Crippen LogP) is 3.96. The van der Waals surface area contributed by atoms with E-state index in [0.717, 1.165) is 23.0 Å².